The Balaban J connectivity index is 2.64. The van der Waals surface area contributed by atoms with Gasteiger partial charge in [-0.2, -0.15) is 8.78 Å². The van der Waals surface area contributed by atoms with Crippen LogP contribution >= 0.6 is 0 Å². The molecule has 0 bridgehead atoms. The van der Waals surface area contributed by atoms with Crippen molar-refractivity contribution >= 4 is 0 Å². The van der Waals surface area contributed by atoms with Crippen molar-refractivity contribution in [1.29, 1.82) is 0 Å². The van der Waals surface area contributed by atoms with E-state index >= 15 is 0 Å². The fourth-order valence-corrected chi connectivity index (χ4v) is 1.22. The summed E-state index contributed by atoms with van der Waals surface area (Å²) < 4.78 is 27.7. The summed E-state index contributed by atoms with van der Waals surface area (Å²) in [5.41, 5.74) is 1.54. The molecular formula is C10H12F2O2. The molecule has 4 heteroatoms. The molecule has 0 atom stereocenters. The van der Waals surface area contributed by atoms with E-state index in [-0.39, 0.29) is 13.2 Å². The van der Waals surface area contributed by atoms with Crippen molar-refractivity contribution in [2.24, 2.45) is 0 Å². The highest BCUT2D eigenvalue weighted by atomic mass is 19.3. The van der Waals surface area contributed by atoms with E-state index < -0.39 is 6.61 Å². The van der Waals surface area contributed by atoms with Crippen LogP contribution in [0.2, 0.25) is 0 Å². The predicted octanol–water partition coefficient (Wildman–Crippen LogP) is 1.96. The quantitative estimate of drug-likeness (QED) is 0.790. The van der Waals surface area contributed by atoms with Crippen LogP contribution < -0.4 is 0 Å². The molecule has 0 aromatic heterocycles. The van der Waals surface area contributed by atoms with Crippen LogP contribution in [0.5, 0.6) is 0 Å². The number of alkyl halides is 2. The highest BCUT2D eigenvalue weighted by Crippen LogP contribution is 2.12. The highest BCUT2D eigenvalue weighted by Gasteiger charge is 2.05. The van der Waals surface area contributed by atoms with Gasteiger partial charge in [0.05, 0.1) is 6.61 Å². The first-order valence-corrected chi connectivity index (χ1v) is 4.31. The van der Waals surface area contributed by atoms with E-state index in [0.29, 0.717) is 12.0 Å². The molecule has 1 aromatic carbocycles. The Labute approximate surface area is 81.1 Å². The summed E-state index contributed by atoms with van der Waals surface area (Å²) in [6.07, 6.45) is 0.461. The van der Waals surface area contributed by atoms with Gasteiger partial charge in [0.25, 0.3) is 0 Å². The summed E-state index contributed by atoms with van der Waals surface area (Å²) in [6.45, 7) is -2.86. The number of hydrogen-bond acceptors (Lipinski definition) is 2. The molecule has 0 aliphatic rings. The standard InChI is InChI=1S/C10H12F2O2/c11-10(12)14-7-9-4-2-1-3-8(9)5-6-13/h1-4,10,13H,5-7H2. The van der Waals surface area contributed by atoms with Gasteiger partial charge >= 0.3 is 6.61 Å². The van der Waals surface area contributed by atoms with Gasteiger partial charge in [0.15, 0.2) is 0 Å². The Bertz CT molecular complexity index is 277. The maximum atomic E-state index is 11.8. The Kier molecular flexibility index (Phi) is 4.49. The SMILES string of the molecule is OCCc1ccccc1COC(F)F. The molecule has 1 aromatic rings. The van der Waals surface area contributed by atoms with E-state index in [1.165, 1.54) is 0 Å². The van der Waals surface area contributed by atoms with Crippen LogP contribution in [0.3, 0.4) is 0 Å². The third kappa shape index (κ3) is 3.40. The van der Waals surface area contributed by atoms with Gasteiger partial charge in [0.2, 0.25) is 0 Å². The molecule has 0 amide bonds. The van der Waals surface area contributed by atoms with Crippen LogP contribution in [0.4, 0.5) is 8.78 Å². The number of benzene rings is 1. The van der Waals surface area contributed by atoms with Gasteiger partial charge in [-0.3, -0.25) is 0 Å². The van der Waals surface area contributed by atoms with Gasteiger partial charge in [0, 0.05) is 6.61 Å². The first-order chi connectivity index (χ1) is 6.74. The molecule has 14 heavy (non-hydrogen) atoms. The van der Waals surface area contributed by atoms with Crippen molar-refractivity contribution < 1.29 is 18.6 Å². The van der Waals surface area contributed by atoms with E-state index in [1.54, 1.807) is 24.3 Å². The van der Waals surface area contributed by atoms with Gasteiger partial charge in [-0.15, -0.1) is 0 Å². The van der Waals surface area contributed by atoms with E-state index in [0.717, 1.165) is 5.56 Å². The Morgan fingerprint density at radius 2 is 1.86 bits per heavy atom. The van der Waals surface area contributed by atoms with Gasteiger partial charge < -0.3 is 9.84 Å². The van der Waals surface area contributed by atoms with E-state index in [1.807, 2.05) is 0 Å². The molecule has 1 N–H and O–H groups in total. The summed E-state index contributed by atoms with van der Waals surface area (Å²) in [5.74, 6) is 0. The smallest absolute Gasteiger partial charge is 0.345 e. The third-order valence-corrected chi connectivity index (χ3v) is 1.86. The molecule has 78 valence electrons. The van der Waals surface area contributed by atoms with Crippen molar-refractivity contribution in [1.82, 2.24) is 0 Å². The van der Waals surface area contributed by atoms with Gasteiger partial charge in [-0.05, 0) is 17.5 Å². The normalized spacial score (nSPS) is 10.9. The molecule has 0 aliphatic heterocycles. The minimum atomic E-state index is -2.75. The maximum Gasteiger partial charge on any atom is 0.345 e. The summed E-state index contributed by atoms with van der Waals surface area (Å²) in [7, 11) is 0. The van der Waals surface area contributed by atoms with Crippen molar-refractivity contribution in [2.75, 3.05) is 6.61 Å². The van der Waals surface area contributed by atoms with Crippen LogP contribution in [-0.4, -0.2) is 18.3 Å². The van der Waals surface area contributed by atoms with E-state index in [2.05, 4.69) is 4.74 Å². The number of rotatable bonds is 5. The zero-order valence-electron chi connectivity index (χ0n) is 7.62. The van der Waals surface area contributed by atoms with E-state index in [9.17, 15) is 8.78 Å². The maximum absolute atomic E-state index is 11.8. The van der Waals surface area contributed by atoms with Crippen molar-refractivity contribution in [3.05, 3.63) is 35.4 Å². The summed E-state index contributed by atoms with van der Waals surface area (Å²) in [4.78, 5) is 0. The lowest BCUT2D eigenvalue weighted by Gasteiger charge is -2.08. The van der Waals surface area contributed by atoms with Crippen molar-refractivity contribution in [3.63, 3.8) is 0 Å². The number of aliphatic hydroxyl groups excluding tert-OH is 1. The van der Waals surface area contributed by atoms with Crippen LogP contribution in [0.25, 0.3) is 0 Å². The van der Waals surface area contributed by atoms with Crippen molar-refractivity contribution in [3.8, 4) is 0 Å². The zero-order valence-corrected chi connectivity index (χ0v) is 7.62. The minimum Gasteiger partial charge on any atom is -0.396 e. The Hall–Kier alpha value is -1.00. The number of hydrogen-bond donors (Lipinski definition) is 1. The average Bonchev–Trinajstić information content (AvgIpc) is 2.17. The fraction of sp³-hybridized carbons (Fsp3) is 0.400. The second-order valence-corrected chi connectivity index (χ2v) is 2.81. The monoisotopic (exact) mass is 202 g/mol. The zero-order chi connectivity index (χ0) is 10.4. The summed E-state index contributed by atoms with van der Waals surface area (Å²) in [5, 5.41) is 8.73. The van der Waals surface area contributed by atoms with Gasteiger partial charge in [-0.1, -0.05) is 24.3 Å². The van der Waals surface area contributed by atoms with Crippen LogP contribution in [0.1, 0.15) is 11.1 Å². The first kappa shape index (κ1) is 11.1. The molecule has 0 saturated carbocycles. The van der Waals surface area contributed by atoms with Crippen molar-refractivity contribution in [2.45, 2.75) is 19.6 Å². The minimum absolute atomic E-state index is 0.00565. The lowest BCUT2D eigenvalue weighted by molar-refractivity contribution is -0.137. The topological polar surface area (TPSA) is 29.5 Å². The highest BCUT2D eigenvalue weighted by molar-refractivity contribution is 5.26. The molecule has 0 fully saturated rings. The molecular weight excluding hydrogens is 190 g/mol. The Morgan fingerprint density at radius 3 is 2.43 bits per heavy atom. The van der Waals surface area contributed by atoms with Gasteiger partial charge in [-0.25, -0.2) is 0 Å². The molecule has 0 unspecified atom stereocenters. The largest absolute Gasteiger partial charge is 0.396 e. The molecule has 2 nitrogen and oxygen atoms in total. The predicted molar refractivity (Wildman–Crippen MR) is 48.0 cm³/mol. The molecule has 0 saturated heterocycles. The molecule has 0 radical (unpaired) electrons. The second-order valence-electron chi connectivity index (χ2n) is 2.81. The van der Waals surface area contributed by atoms with Crippen LogP contribution in [-0.2, 0) is 17.8 Å². The molecule has 0 heterocycles. The molecule has 0 spiro atoms. The fourth-order valence-electron chi connectivity index (χ4n) is 1.22. The summed E-state index contributed by atoms with van der Waals surface area (Å²) >= 11 is 0. The van der Waals surface area contributed by atoms with E-state index in [4.69, 9.17) is 5.11 Å². The second kappa shape index (κ2) is 5.67. The number of aliphatic hydroxyl groups is 1. The summed E-state index contributed by atoms with van der Waals surface area (Å²) in [6, 6.07) is 7.07. The Morgan fingerprint density at radius 1 is 1.21 bits per heavy atom. The lowest BCUT2D eigenvalue weighted by Crippen LogP contribution is -2.03. The van der Waals surface area contributed by atoms with Crippen LogP contribution in [0.15, 0.2) is 24.3 Å². The number of halogens is 2. The first-order valence-electron chi connectivity index (χ1n) is 4.31. The third-order valence-electron chi connectivity index (χ3n) is 1.86. The van der Waals surface area contributed by atoms with Crippen LogP contribution in [0, 0.1) is 0 Å². The van der Waals surface area contributed by atoms with Gasteiger partial charge in [0.1, 0.15) is 0 Å². The lowest BCUT2D eigenvalue weighted by atomic mass is 10.1. The number of ether oxygens (including phenoxy) is 1. The molecule has 0 aliphatic carbocycles. The molecule has 1 rings (SSSR count). The average molecular weight is 202 g/mol.